The van der Waals surface area contributed by atoms with Gasteiger partial charge in [-0.2, -0.15) is 19.9 Å². The molecule has 1 aromatic carbocycles. The lowest BCUT2D eigenvalue weighted by molar-refractivity contribution is -0.118. The van der Waals surface area contributed by atoms with Crippen molar-refractivity contribution in [1.82, 2.24) is 54.1 Å². The molecule has 18 nitrogen and oxygen atoms in total. The minimum absolute atomic E-state index is 0.0664. The molecule has 62 heavy (non-hydrogen) atoms. The Bertz CT molecular complexity index is 2690. The summed E-state index contributed by atoms with van der Waals surface area (Å²) in [7, 11) is 5.27. The van der Waals surface area contributed by atoms with Crippen LogP contribution in [0.2, 0.25) is 0 Å². The number of aliphatic hydroxyl groups excluding tert-OH is 1. The van der Waals surface area contributed by atoms with E-state index in [1.165, 1.54) is 0 Å². The van der Waals surface area contributed by atoms with Gasteiger partial charge in [0.15, 0.2) is 17.0 Å². The summed E-state index contributed by atoms with van der Waals surface area (Å²) in [5, 5.41) is 25.2. The zero-order valence-electron chi connectivity index (χ0n) is 35.9. The van der Waals surface area contributed by atoms with Gasteiger partial charge in [-0.25, -0.2) is 4.98 Å². The van der Waals surface area contributed by atoms with Crippen LogP contribution in [0.15, 0.2) is 85.6 Å². The van der Waals surface area contributed by atoms with Crippen LogP contribution in [0.4, 0.5) is 29.2 Å². The number of carbonyl (C=O) groups is 1. The smallest absolute Gasteiger partial charge is 0.256 e. The number of carbonyl (C=O) groups excluding carboxylic acids is 1. The van der Waals surface area contributed by atoms with Crippen LogP contribution in [-0.4, -0.2) is 105 Å². The van der Waals surface area contributed by atoms with Crippen molar-refractivity contribution in [3.63, 3.8) is 0 Å². The van der Waals surface area contributed by atoms with Crippen LogP contribution < -0.4 is 30.5 Å². The molecule has 1 aliphatic rings. The lowest BCUT2D eigenvalue weighted by Crippen LogP contribution is -2.40. The first-order valence-electron chi connectivity index (χ1n) is 20.8. The molecule has 0 spiro atoms. The number of methoxy groups -OCH3 is 1. The normalized spacial score (nSPS) is 14.5. The number of aryl methyl sites for hydroxylation is 2. The number of fused-ring (bicyclic) bond motifs is 2. The number of hydrogen-bond donors (Lipinski definition) is 4. The number of pyridine rings is 1. The van der Waals surface area contributed by atoms with Gasteiger partial charge in [-0.1, -0.05) is 43.8 Å². The second kappa shape index (κ2) is 17.9. The maximum atomic E-state index is 14.1. The van der Waals surface area contributed by atoms with Crippen LogP contribution >= 0.6 is 0 Å². The first kappa shape index (κ1) is 41.6. The lowest BCUT2D eigenvalue weighted by Gasteiger charge is -2.27. The van der Waals surface area contributed by atoms with Crippen molar-refractivity contribution in [2.45, 2.75) is 58.3 Å². The molecule has 1 unspecified atom stereocenters. The summed E-state index contributed by atoms with van der Waals surface area (Å²) in [6, 6.07) is 15.8. The molecule has 0 aliphatic carbocycles. The van der Waals surface area contributed by atoms with E-state index in [2.05, 4.69) is 90.1 Å². The molecule has 8 rings (SSSR count). The molecule has 1 fully saturated rings. The summed E-state index contributed by atoms with van der Waals surface area (Å²) in [4.78, 5) is 47.0. The van der Waals surface area contributed by atoms with E-state index in [0.29, 0.717) is 84.3 Å². The van der Waals surface area contributed by atoms with E-state index in [9.17, 15) is 9.90 Å². The number of nitrogens with zero attached hydrogens (tertiary/aromatic N) is 12. The number of amides is 1. The monoisotopic (exact) mass is 839 g/mol. The standard InChI is InChI=1S/C44H53N15O3/c1-8-31(25-60)48-43-51-38(33-17-20-59(27(2)3)39(33)52-43)58(22-29-12-14-30(15-13-29)34-11-9-10-18-45-34)21-28(4)41(61)47-32-16-19-57(23-32)44-50-37(36-40(53-44)55(5)26-46-36)49-35-24-56(6)54-42(35)62-7/h9-15,17-18,20,24,26-27,31-32,60H,4,8,16,19,21-23,25H2,1-3,5-7H3,(H,47,61)(H,48,51,52)(H,49,50,53)/t31-,32?/m1/s1. The van der Waals surface area contributed by atoms with E-state index in [-0.39, 0.29) is 37.2 Å². The van der Waals surface area contributed by atoms with E-state index in [1.54, 1.807) is 24.3 Å². The molecule has 6 aromatic heterocycles. The van der Waals surface area contributed by atoms with Crippen LogP contribution in [0.1, 0.15) is 45.2 Å². The Morgan fingerprint density at radius 3 is 2.60 bits per heavy atom. The lowest BCUT2D eigenvalue weighted by atomic mass is 10.1. The molecule has 1 aliphatic heterocycles. The van der Waals surface area contributed by atoms with Gasteiger partial charge in [0.2, 0.25) is 17.8 Å². The molecular formula is C44H53N15O3. The summed E-state index contributed by atoms with van der Waals surface area (Å²) >= 11 is 0. The quantitative estimate of drug-likeness (QED) is 0.0855. The molecule has 0 bridgehead atoms. The van der Waals surface area contributed by atoms with E-state index in [4.69, 9.17) is 24.7 Å². The Hall–Kier alpha value is -7.08. The van der Waals surface area contributed by atoms with Gasteiger partial charge in [-0.05, 0) is 50.5 Å². The van der Waals surface area contributed by atoms with Crippen molar-refractivity contribution in [2.24, 2.45) is 14.1 Å². The fourth-order valence-electron chi connectivity index (χ4n) is 7.65. The predicted octanol–water partition coefficient (Wildman–Crippen LogP) is 5.38. The molecular weight excluding hydrogens is 787 g/mol. The zero-order valence-corrected chi connectivity index (χ0v) is 35.9. The fraction of sp³-hybridized carbons (Fsp3) is 0.364. The number of ether oxygens (including phenoxy) is 1. The van der Waals surface area contributed by atoms with Gasteiger partial charge in [0, 0.05) is 75.9 Å². The number of aliphatic hydroxyl groups is 1. The molecule has 0 saturated carbocycles. The highest BCUT2D eigenvalue weighted by Crippen LogP contribution is 2.32. The molecule has 7 aromatic rings. The molecule has 0 radical (unpaired) electrons. The Morgan fingerprint density at radius 1 is 1.05 bits per heavy atom. The van der Waals surface area contributed by atoms with Crippen molar-refractivity contribution < 1.29 is 14.6 Å². The van der Waals surface area contributed by atoms with Gasteiger partial charge in [0.25, 0.3) is 5.88 Å². The van der Waals surface area contributed by atoms with Crippen molar-refractivity contribution in [3.05, 3.63) is 91.2 Å². The highest BCUT2D eigenvalue weighted by atomic mass is 16.5. The minimum atomic E-state index is -0.254. The number of hydrogen-bond acceptors (Lipinski definition) is 14. The summed E-state index contributed by atoms with van der Waals surface area (Å²) in [6.45, 7) is 12.2. The van der Waals surface area contributed by atoms with Crippen molar-refractivity contribution in [2.75, 3.05) is 53.8 Å². The number of anilines is 5. The van der Waals surface area contributed by atoms with Crippen LogP contribution in [0.25, 0.3) is 33.5 Å². The van der Waals surface area contributed by atoms with E-state index in [1.807, 2.05) is 62.2 Å². The number of benzene rings is 1. The minimum Gasteiger partial charge on any atom is -0.478 e. The summed E-state index contributed by atoms with van der Waals surface area (Å²) in [5.41, 5.74) is 5.95. The summed E-state index contributed by atoms with van der Waals surface area (Å²) in [6.07, 6.45) is 8.68. The van der Waals surface area contributed by atoms with Gasteiger partial charge in [-0.15, -0.1) is 5.10 Å². The molecule has 1 amide bonds. The highest BCUT2D eigenvalue weighted by molar-refractivity contribution is 5.95. The fourth-order valence-corrected chi connectivity index (χ4v) is 7.65. The summed E-state index contributed by atoms with van der Waals surface area (Å²) < 4.78 is 11.1. The Kier molecular flexibility index (Phi) is 12.0. The number of imidazole rings is 1. The topological polar surface area (TPSA) is 194 Å². The van der Waals surface area contributed by atoms with Crippen LogP contribution in [0.3, 0.4) is 0 Å². The van der Waals surface area contributed by atoms with Crippen LogP contribution in [-0.2, 0) is 25.4 Å². The van der Waals surface area contributed by atoms with E-state index in [0.717, 1.165) is 27.9 Å². The van der Waals surface area contributed by atoms with Crippen molar-refractivity contribution in [1.29, 1.82) is 0 Å². The number of aromatic nitrogens is 10. The predicted molar refractivity (Wildman–Crippen MR) is 241 cm³/mol. The number of rotatable bonds is 17. The second-order valence-corrected chi connectivity index (χ2v) is 15.9. The van der Waals surface area contributed by atoms with Gasteiger partial charge in [-0.3, -0.25) is 14.5 Å². The average molecular weight is 840 g/mol. The molecule has 7 heterocycles. The van der Waals surface area contributed by atoms with Crippen LogP contribution in [0.5, 0.6) is 5.88 Å². The Balaban J connectivity index is 1.04. The maximum Gasteiger partial charge on any atom is 0.256 e. The molecule has 4 N–H and O–H groups in total. The van der Waals surface area contributed by atoms with E-state index < -0.39 is 0 Å². The first-order valence-corrected chi connectivity index (χ1v) is 20.8. The molecule has 18 heteroatoms. The molecule has 2 atom stereocenters. The van der Waals surface area contributed by atoms with E-state index >= 15 is 0 Å². The highest BCUT2D eigenvalue weighted by Gasteiger charge is 2.29. The molecule has 1 saturated heterocycles. The largest absolute Gasteiger partial charge is 0.478 e. The summed E-state index contributed by atoms with van der Waals surface area (Å²) in [5.74, 6) is 2.26. The Labute approximate surface area is 359 Å². The third-order valence-corrected chi connectivity index (χ3v) is 11.0. The third-order valence-electron chi connectivity index (χ3n) is 11.0. The van der Waals surface area contributed by atoms with Gasteiger partial charge in [0.1, 0.15) is 17.2 Å². The van der Waals surface area contributed by atoms with Gasteiger partial charge < -0.3 is 44.7 Å². The maximum absolute atomic E-state index is 14.1. The van der Waals surface area contributed by atoms with Crippen LogP contribution in [0, 0.1) is 0 Å². The Morgan fingerprint density at radius 2 is 1.87 bits per heavy atom. The second-order valence-electron chi connectivity index (χ2n) is 15.9. The van der Waals surface area contributed by atoms with Crippen molar-refractivity contribution >= 4 is 57.3 Å². The average Bonchev–Trinajstić information content (AvgIpc) is 4.09. The SMILES string of the molecule is C=C(CN(Cc1ccc(-c2ccccn2)cc1)c1nc(N[C@H](CC)CO)nc2c1ccn2C(C)C)C(=O)NC1CCN(c2nc(Nc3cn(C)nc3OC)c3ncn(C)c3n2)C1. The van der Waals surface area contributed by atoms with Gasteiger partial charge in [0.05, 0.1) is 43.4 Å². The molecule has 322 valence electrons. The number of nitrogens with one attached hydrogen (secondary N) is 3. The van der Waals surface area contributed by atoms with Gasteiger partial charge >= 0.3 is 0 Å². The first-order chi connectivity index (χ1) is 30.0. The van der Waals surface area contributed by atoms with Crippen molar-refractivity contribution in [3.8, 4) is 17.1 Å². The zero-order chi connectivity index (χ0) is 43.5. The third kappa shape index (κ3) is 8.72.